The smallest absolute Gasteiger partial charge is 0.354 e. The first-order valence-electron chi connectivity index (χ1n) is 10.9. The zero-order chi connectivity index (χ0) is 22.6. The van der Waals surface area contributed by atoms with Crippen molar-refractivity contribution in [2.45, 2.75) is 83.0 Å². The number of carbonyl (C=O) groups is 1. The summed E-state index contributed by atoms with van der Waals surface area (Å²) in [5.74, 6) is 0. The maximum Gasteiger partial charge on any atom is 0.354 e. The van der Waals surface area contributed by atoms with Crippen molar-refractivity contribution in [2.24, 2.45) is 14.5 Å². The lowest BCUT2D eigenvalue weighted by molar-refractivity contribution is 0.117. The van der Waals surface area contributed by atoms with Crippen molar-refractivity contribution in [1.29, 1.82) is 0 Å². The fourth-order valence-electron chi connectivity index (χ4n) is 4.82. The number of nitrogens with zero attached hydrogens (tertiary/aromatic N) is 2. The number of hydrogen-bond donors (Lipinski definition) is 3. The molecule has 2 atom stereocenters. The molecule has 0 aromatic heterocycles. The van der Waals surface area contributed by atoms with E-state index in [4.69, 9.17) is 5.14 Å². The Morgan fingerprint density at radius 1 is 1.23 bits per heavy atom. The third kappa shape index (κ3) is 3.85. The monoisotopic (exact) mass is 444 g/mol. The highest BCUT2D eigenvalue weighted by Crippen LogP contribution is 2.39. The molecular weight excluding hydrogens is 412 g/mol. The number of amides is 2. The molecule has 0 saturated heterocycles. The Kier molecular flexibility index (Phi) is 5.39. The number of nitrogens with two attached hydrogens (primary N) is 1. The summed E-state index contributed by atoms with van der Waals surface area (Å²) in [7, 11) is -3.44. The first-order chi connectivity index (χ1) is 14.4. The van der Waals surface area contributed by atoms with E-state index in [1.807, 2.05) is 0 Å². The van der Waals surface area contributed by atoms with Crippen LogP contribution in [0, 0.1) is 0 Å². The Labute approximate surface area is 184 Å². The molecule has 0 spiro atoms. The number of fused-ring (bicyclic) bond motifs is 2. The SMILES string of the molecule is CC1=NC(C(C)(C)O)=CCC1(C)S(N)(=O)=NC(=O)Nc1c2c(cc3c1CCC3)CCC2. The summed E-state index contributed by atoms with van der Waals surface area (Å²) in [6.45, 7) is 6.72. The van der Waals surface area contributed by atoms with Crippen molar-refractivity contribution in [3.8, 4) is 0 Å². The lowest BCUT2D eigenvalue weighted by Crippen LogP contribution is -2.48. The number of carbonyl (C=O) groups excluding carboxylic acids is 1. The molecule has 1 aromatic rings. The molecule has 0 saturated carbocycles. The second-order valence-electron chi connectivity index (χ2n) is 9.60. The van der Waals surface area contributed by atoms with Crippen LogP contribution >= 0.6 is 0 Å². The number of allylic oxidation sites excluding steroid dienone is 1. The van der Waals surface area contributed by atoms with Gasteiger partial charge in [-0.05, 0) is 94.9 Å². The first kappa shape index (κ1) is 22.2. The third-order valence-electron chi connectivity index (χ3n) is 6.93. The minimum Gasteiger partial charge on any atom is -0.384 e. The molecule has 1 aromatic carbocycles. The van der Waals surface area contributed by atoms with Gasteiger partial charge in [0.2, 0.25) is 0 Å². The number of aliphatic hydroxyl groups is 1. The first-order valence-corrected chi connectivity index (χ1v) is 12.5. The average Bonchev–Trinajstić information content (AvgIpc) is 3.31. The Bertz CT molecular complexity index is 1100. The van der Waals surface area contributed by atoms with Gasteiger partial charge in [-0.2, -0.15) is 0 Å². The predicted molar refractivity (Wildman–Crippen MR) is 125 cm³/mol. The molecule has 2 aliphatic carbocycles. The number of rotatable bonds is 3. The quantitative estimate of drug-likeness (QED) is 0.658. The number of urea groups is 1. The number of aryl methyl sites for hydroxylation is 2. The molecule has 1 heterocycles. The highest BCUT2D eigenvalue weighted by molar-refractivity contribution is 7.93. The molecule has 4 N–H and O–H groups in total. The average molecular weight is 445 g/mol. The summed E-state index contributed by atoms with van der Waals surface area (Å²) in [6, 6.07) is 1.62. The second kappa shape index (κ2) is 7.53. The number of hydrogen-bond acceptors (Lipinski definition) is 4. The number of nitrogens with one attached hydrogen (secondary N) is 1. The van der Waals surface area contributed by atoms with Crippen LogP contribution in [0.15, 0.2) is 27.2 Å². The maximum absolute atomic E-state index is 13.5. The van der Waals surface area contributed by atoms with Crippen LogP contribution in [0.2, 0.25) is 0 Å². The van der Waals surface area contributed by atoms with E-state index in [-0.39, 0.29) is 6.42 Å². The van der Waals surface area contributed by atoms with Gasteiger partial charge in [-0.25, -0.2) is 14.1 Å². The van der Waals surface area contributed by atoms with Gasteiger partial charge < -0.3 is 10.4 Å². The normalized spacial score (nSPS) is 24.6. The zero-order valence-electron chi connectivity index (χ0n) is 18.7. The fourth-order valence-corrected chi connectivity index (χ4v) is 6.11. The van der Waals surface area contributed by atoms with Crippen LogP contribution in [0.4, 0.5) is 10.5 Å². The number of aliphatic imine (C=N–C) groups is 1. The minimum absolute atomic E-state index is 0.282. The van der Waals surface area contributed by atoms with Crippen molar-refractivity contribution >= 4 is 27.3 Å². The molecule has 31 heavy (non-hydrogen) atoms. The summed E-state index contributed by atoms with van der Waals surface area (Å²) in [4.78, 5) is 17.3. The van der Waals surface area contributed by atoms with Gasteiger partial charge in [-0.15, -0.1) is 4.36 Å². The second-order valence-corrected chi connectivity index (χ2v) is 11.8. The van der Waals surface area contributed by atoms with E-state index < -0.39 is 26.3 Å². The third-order valence-corrected chi connectivity index (χ3v) is 9.12. The molecule has 168 valence electrons. The summed E-state index contributed by atoms with van der Waals surface area (Å²) >= 11 is 0. The van der Waals surface area contributed by atoms with Gasteiger partial charge in [0.1, 0.15) is 20.3 Å². The van der Waals surface area contributed by atoms with Gasteiger partial charge in [0.05, 0.1) is 5.70 Å². The Morgan fingerprint density at radius 2 is 1.81 bits per heavy atom. The van der Waals surface area contributed by atoms with E-state index in [1.54, 1.807) is 33.8 Å². The van der Waals surface area contributed by atoms with E-state index in [0.29, 0.717) is 11.4 Å². The van der Waals surface area contributed by atoms with Crippen molar-refractivity contribution in [3.05, 3.63) is 40.1 Å². The Hall–Kier alpha value is -2.03. The van der Waals surface area contributed by atoms with Crippen LogP contribution in [-0.4, -0.2) is 31.4 Å². The van der Waals surface area contributed by atoms with Gasteiger partial charge in [0.15, 0.2) is 0 Å². The molecule has 2 amide bonds. The van der Waals surface area contributed by atoms with Gasteiger partial charge in [-0.1, -0.05) is 12.1 Å². The predicted octanol–water partition coefficient (Wildman–Crippen LogP) is 3.82. The van der Waals surface area contributed by atoms with Gasteiger partial charge in [-0.3, -0.25) is 4.99 Å². The minimum atomic E-state index is -3.44. The summed E-state index contributed by atoms with van der Waals surface area (Å²) < 4.78 is 16.3. The van der Waals surface area contributed by atoms with Crippen LogP contribution in [0.5, 0.6) is 0 Å². The molecule has 7 nitrogen and oxygen atoms in total. The molecule has 1 aliphatic heterocycles. The van der Waals surface area contributed by atoms with Gasteiger partial charge in [0.25, 0.3) is 0 Å². The van der Waals surface area contributed by atoms with E-state index in [2.05, 4.69) is 20.7 Å². The lowest BCUT2D eigenvalue weighted by Gasteiger charge is -2.34. The zero-order valence-corrected chi connectivity index (χ0v) is 19.6. The van der Waals surface area contributed by atoms with Crippen molar-refractivity contribution in [3.63, 3.8) is 0 Å². The van der Waals surface area contributed by atoms with Crippen LogP contribution < -0.4 is 10.5 Å². The number of anilines is 1. The van der Waals surface area contributed by atoms with Gasteiger partial charge in [0, 0.05) is 11.4 Å². The van der Waals surface area contributed by atoms with Crippen molar-refractivity contribution < 1.29 is 14.1 Å². The number of benzene rings is 1. The highest BCUT2D eigenvalue weighted by Gasteiger charge is 2.41. The largest absolute Gasteiger partial charge is 0.384 e. The standard InChI is InChI=1S/C23H32N4O3S/c1-14-23(4,12-11-19(25-14)22(2,3)29)31(24,30)27-21(28)26-20-17-9-5-7-15(17)13-16-8-6-10-18(16)20/h11,13,29H,5-10,12H2,1-4H3,(H3,24,26,27,28,30). The Balaban J connectivity index is 1.64. The molecule has 2 unspecified atom stereocenters. The van der Waals surface area contributed by atoms with E-state index in [0.717, 1.165) is 44.2 Å². The maximum atomic E-state index is 13.5. The highest BCUT2D eigenvalue weighted by atomic mass is 32.2. The van der Waals surface area contributed by atoms with Crippen molar-refractivity contribution in [2.75, 3.05) is 5.32 Å². The lowest BCUT2D eigenvalue weighted by atomic mass is 9.93. The van der Waals surface area contributed by atoms with Crippen LogP contribution in [0.3, 0.4) is 0 Å². The van der Waals surface area contributed by atoms with Crippen LogP contribution in [0.1, 0.15) is 69.2 Å². The van der Waals surface area contributed by atoms with Gasteiger partial charge >= 0.3 is 6.03 Å². The summed E-state index contributed by atoms with van der Waals surface area (Å²) in [5, 5.41) is 19.4. The molecule has 8 heteroatoms. The van der Waals surface area contributed by atoms with E-state index in [9.17, 15) is 14.1 Å². The molecule has 0 bridgehead atoms. The molecule has 4 rings (SSSR count). The van der Waals surface area contributed by atoms with E-state index >= 15 is 0 Å². The van der Waals surface area contributed by atoms with Crippen LogP contribution in [0.25, 0.3) is 0 Å². The topological polar surface area (TPSA) is 117 Å². The summed E-state index contributed by atoms with van der Waals surface area (Å²) in [6.07, 6.45) is 8.09. The van der Waals surface area contributed by atoms with E-state index in [1.165, 1.54) is 22.3 Å². The Morgan fingerprint density at radius 3 is 2.32 bits per heavy atom. The molecule has 0 fully saturated rings. The summed E-state index contributed by atoms with van der Waals surface area (Å²) in [5.41, 5.74) is 5.72. The molecular formula is C23H32N4O3S. The van der Waals surface area contributed by atoms with Crippen molar-refractivity contribution in [1.82, 2.24) is 0 Å². The fraction of sp³-hybridized carbons (Fsp3) is 0.565. The van der Waals surface area contributed by atoms with Crippen LogP contribution in [-0.2, 0) is 35.6 Å². The molecule has 3 aliphatic rings. The molecule has 0 radical (unpaired) electrons.